The number of fused-ring (bicyclic) bond motifs is 3. The van der Waals surface area contributed by atoms with Crippen LogP contribution in [0.5, 0.6) is 0 Å². The minimum absolute atomic E-state index is 0.191. The summed E-state index contributed by atoms with van der Waals surface area (Å²) in [4.78, 5) is 21.3. The summed E-state index contributed by atoms with van der Waals surface area (Å²) in [5.74, 6) is -0.256. The van der Waals surface area contributed by atoms with Crippen molar-refractivity contribution in [3.63, 3.8) is 0 Å². The van der Waals surface area contributed by atoms with E-state index in [9.17, 15) is 4.79 Å². The third-order valence-corrected chi connectivity index (χ3v) is 4.44. The summed E-state index contributed by atoms with van der Waals surface area (Å²) in [7, 11) is 0. The molecule has 0 spiro atoms. The van der Waals surface area contributed by atoms with E-state index in [0.717, 1.165) is 35.5 Å². The first-order valence-electron chi connectivity index (χ1n) is 8.99. The van der Waals surface area contributed by atoms with Crippen molar-refractivity contribution in [3.8, 4) is 11.4 Å². The fourth-order valence-electron chi connectivity index (χ4n) is 3.21. The van der Waals surface area contributed by atoms with E-state index in [2.05, 4.69) is 15.3 Å². The van der Waals surface area contributed by atoms with Crippen LogP contribution in [0.1, 0.15) is 42.5 Å². The SMILES string of the molecule is NCCCNC1c2cccnc2-c2ncccc2C1OC(=O)CCCN. The van der Waals surface area contributed by atoms with E-state index in [-0.39, 0.29) is 12.0 Å². The second-order valence-electron chi connectivity index (χ2n) is 6.26. The number of carbonyl (C=O) groups excluding carboxylic acids is 1. The van der Waals surface area contributed by atoms with Gasteiger partial charge in [0.15, 0.2) is 0 Å². The molecule has 0 radical (unpaired) electrons. The summed E-state index contributed by atoms with van der Waals surface area (Å²) >= 11 is 0. The number of nitrogens with two attached hydrogens (primary N) is 2. The average Bonchev–Trinajstić information content (AvgIpc) is 2.68. The van der Waals surface area contributed by atoms with Crippen LogP contribution in [-0.2, 0) is 9.53 Å². The summed E-state index contributed by atoms with van der Waals surface area (Å²) in [5, 5.41) is 3.48. The van der Waals surface area contributed by atoms with Gasteiger partial charge in [-0.15, -0.1) is 0 Å². The Kier molecular flexibility index (Phi) is 6.27. The molecule has 0 saturated heterocycles. The number of rotatable bonds is 8. The highest BCUT2D eigenvalue weighted by molar-refractivity contribution is 5.72. The van der Waals surface area contributed by atoms with Crippen LogP contribution in [0.4, 0.5) is 0 Å². The van der Waals surface area contributed by atoms with Gasteiger partial charge in [-0.05, 0) is 44.6 Å². The minimum Gasteiger partial charge on any atom is -0.455 e. The molecule has 7 heteroatoms. The van der Waals surface area contributed by atoms with E-state index in [1.807, 2.05) is 24.3 Å². The van der Waals surface area contributed by atoms with Gasteiger partial charge >= 0.3 is 5.97 Å². The quantitative estimate of drug-likeness (QED) is 0.485. The van der Waals surface area contributed by atoms with Crippen LogP contribution in [-0.4, -0.2) is 35.6 Å². The highest BCUT2D eigenvalue weighted by atomic mass is 16.5. The minimum atomic E-state index is -0.460. The first-order valence-corrected chi connectivity index (χ1v) is 8.99. The largest absolute Gasteiger partial charge is 0.455 e. The highest BCUT2D eigenvalue weighted by Crippen LogP contribution is 2.44. The number of ether oxygens (including phenoxy) is 1. The zero-order valence-corrected chi connectivity index (χ0v) is 14.7. The van der Waals surface area contributed by atoms with Gasteiger partial charge in [0.2, 0.25) is 0 Å². The fraction of sp³-hybridized carbons (Fsp3) is 0.421. The van der Waals surface area contributed by atoms with Crippen molar-refractivity contribution < 1.29 is 9.53 Å². The van der Waals surface area contributed by atoms with Crippen LogP contribution in [0.15, 0.2) is 36.7 Å². The Labute approximate surface area is 153 Å². The monoisotopic (exact) mass is 355 g/mol. The molecule has 5 N–H and O–H groups in total. The molecule has 0 saturated carbocycles. The Morgan fingerprint density at radius 2 is 1.69 bits per heavy atom. The molecule has 1 aliphatic rings. The van der Waals surface area contributed by atoms with Gasteiger partial charge in [-0.1, -0.05) is 12.1 Å². The molecule has 2 heterocycles. The maximum absolute atomic E-state index is 12.3. The maximum atomic E-state index is 12.3. The van der Waals surface area contributed by atoms with E-state index >= 15 is 0 Å². The molecule has 1 aliphatic carbocycles. The Hall–Kier alpha value is -2.35. The summed E-state index contributed by atoms with van der Waals surface area (Å²) < 4.78 is 5.86. The van der Waals surface area contributed by atoms with E-state index < -0.39 is 6.10 Å². The smallest absolute Gasteiger partial charge is 0.306 e. The predicted octanol–water partition coefficient (Wildman–Crippen LogP) is 1.46. The lowest BCUT2D eigenvalue weighted by atomic mass is 9.85. The molecule has 0 fully saturated rings. The van der Waals surface area contributed by atoms with Crippen LogP contribution < -0.4 is 16.8 Å². The molecule has 138 valence electrons. The average molecular weight is 355 g/mol. The fourth-order valence-corrected chi connectivity index (χ4v) is 3.21. The Morgan fingerprint density at radius 3 is 2.38 bits per heavy atom. The van der Waals surface area contributed by atoms with E-state index in [4.69, 9.17) is 16.2 Å². The van der Waals surface area contributed by atoms with Crippen LogP contribution in [0.25, 0.3) is 11.4 Å². The molecule has 0 amide bonds. The van der Waals surface area contributed by atoms with Gasteiger partial charge < -0.3 is 21.5 Å². The second kappa shape index (κ2) is 8.84. The molecular weight excluding hydrogens is 330 g/mol. The van der Waals surface area contributed by atoms with Crippen molar-refractivity contribution >= 4 is 5.97 Å². The van der Waals surface area contributed by atoms with Crippen molar-refractivity contribution in [2.45, 2.75) is 31.4 Å². The standard InChI is InChI=1S/C19H25N5O2/c20-8-1-7-15(25)26-19-14-6-3-11-23-17(14)16-13(5-2-10-22-16)18(19)24-12-4-9-21/h2-3,5-6,10-11,18-19,24H,1,4,7-9,12,20-21H2. The zero-order valence-electron chi connectivity index (χ0n) is 14.7. The first kappa shape index (κ1) is 18.4. The number of aromatic nitrogens is 2. The topological polar surface area (TPSA) is 116 Å². The number of hydrogen-bond donors (Lipinski definition) is 3. The number of nitrogens with zero attached hydrogens (tertiary/aromatic N) is 2. The molecule has 2 aromatic heterocycles. The number of pyridine rings is 2. The zero-order chi connectivity index (χ0) is 18.4. The van der Waals surface area contributed by atoms with Gasteiger partial charge in [0, 0.05) is 29.9 Å². The lowest BCUT2D eigenvalue weighted by molar-refractivity contribution is -0.151. The van der Waals surface area contributed by atoms with Crippen molar-refractivity contribution in [2.24, 2.45) is 11.5 Å². The van der Waals surface area contributed by atoms with Gasteiger partial charge in [-0.3, -0.25) is 14.8 Å². The molecule has 2 aromatic rings. The molecular formula is C19H25N5O2. The normalized spacial score (nSPS) is 18.1. The van der Waals surface area contributed by atoms with Gasteiger partial charge in [0.1, 0.15) is 6.10 Å². The third kappa shape index (κ3) is 3.90. The van der Waals surface area contributed by atoms with E-state index in [1.54, 1.807) is 12.4 Å². The molecule has 0 aliphatic heterocycles. The Morgan fingerprint density at radius 1 is 1.04 bits per heavy atom. The number of esters is 1. The van der Waals surface area contributed by atoms with Crippen LogP contribution in [0.3, 0.4) is 0 Å². The third-order valence-electron chi connectivity index (χ3n) is 4.44. The summed E-state index contributed by atoms with van der Waals surface area (Å²) in [6.07, 6.45) is 4.76. The highest BCUT2D eigenvalue weighted by Gasteiger charge is 2.37. The lowest BCUT2D eigenvalue weighted by Gasteiger charge is -2.34. The van der Waals surface area contributed by atoms with Crippen LogP contribution >= 0.6 is 0 Å². The summed E-state index contributed by atoms with van der Waals surface area (Å²) in [6, 6.07) is 7.49. The summed E-state index contributed by atoms with van der Waals surface area (Å²) in [6.45, 7) is 1.78. The number of hydrogen-bond acceptors (Lipinski definition) is 7. The van der Waals surface area contributed by atoms with Gasteiger partial charge in [-0.25, -0.2) is 0 Å². The molecule has 0 aromatic carbocycles. The first-order chi connectivity index (χ1) is 12.8. The Bertz CT molecular complexity index is 752. The molecule has 0 bridgehead atoms. The van der Waals surface area contributed by atoms with Gasteiger partial charge in [-0.2, -0.15) is 0 Å². The molecule has 3 rings (SSSR count). The second-order valence-corrected chi connectivity index (χ2v) is 6.26. The number of carbonyl (C=O) groups is 1. The Balaban J connectivity index is 1.96. The summed E-state index contributed by atoms with van der Waals surface area (Å²) in [5.41, 5.74) is 14.6. The lowest BCUT2D eigenvalue weighted by Crippen LogP contribution is -2.34. The van der Waals surface area contributed by atoms with Crippen molar-refractivity contribution in [1.29, 1.82) is 0 Å². The van der Waals surface area contributed by atoms with Gasteiger partial charge in [0.05, 0.1) is 17.4 Å². The van der Waals surface area contributed by atoms with Crippen molar-refractivity contribution in [1.82, 2.24) is 15.3 Å². The van der Waals surface area contributed by atoms with Gasteiger partial charge in [0.25, 0.3) is 0 Å². The number of nitrogens with one attached hydrogen (secondary N) is 1. The van der Waals surface area contributed by atoms with E-state index in [1.165, 1.54) is 0 Å². The van der Waals surface area contributed by atoms with Crippen LogP contribution in [0, 0.1) is 0 Å². The van der Waals surface area contributed by atoms with Crippen molar-refractivity contribution in [2.75, 3.05) is 19.6 Å². The van der Waals surface area contributed by atoms with E-state index in [0.29, 0.717) is 25.9 Å². The molecule has 7 nitrogen and oxygen atoms in total. The molecule has 2 atom stereocenters. The van der Waals surface area contributed by atoms with Crippen LogP contribution in [0.2, 0.25) is 0 Å². The van der Waals surface area contributed by atoms with Crippen molar-refractivity contribution in [3.05, 3.63) is 47.8 Å². The molecule has 26 heavy (non-hydrogen) atoms. The maximum Gasteiger partial charge on any atom is 0.306 e. The molecule has 2 unspecified atom stereocenters. The predicted molar refractivity (Wildman–Crippen MR) is 99.0 cm³/mol.